The number of aliphatic imine (C=N–C) groups is 2. The number of hydrogen-bond acceptors (Lipinski definition) is 15. The van der Waals surface area contributed by atoms with Gasteiger partial charge in [0.05, 0.1) is 54.5 Å². The first-order valence-corrected chi connectivity index (χ1v) is 34.9. The third kappa shape index (κ3) is 22.5. The van der Waals surface area contributed by atoms with Gasteiger partial charge in [0.2, 0.25) is 26.0 Å². The van der Waals surface area contributed by atoms with Crippen LogP contribution in [0, 0.1) is 13.8 Å². The number of sulfonamides is 2. The van der Waals surface area contributed by atoms with Gasteiger partial charge in [-0.25, -0.2) is 30.2 Å². The predicted molar refractivity (Wildman–Crippen MR) is 370 cm³/mol. The molecule has 0 unspecified atom stereocenters. The Labute approximate surface area is 584 Å². The molecule has 0 atom stereocenters. The second-order valence-electron chi connectivity index (χ2n) is 23.9. The minimum Gasteiger partial charge on any atom is -0.493 e. The van der Waals surface area contributed by atoms with E-state index in [0.29, 0.717) is 42.5 Å². The fourth-order valence-corrected chi connectivity index (χ4v) is 13.9. The van der Waals surface area contributed by atoms with Crippen molar-refractivity contribution in [1.29, 1.82) is 0 Å². The van der Waals surface area contributed by atoms with E-state index in [4.69, 9.17) is 14.6 Å². The molecule has 0 saturated carbocycles. The zero-order valence-corrected chi connectivity index (χ0v) is 58.4. The quantitative estimate of drug-likeness (QED) is 0.0193. The number of allylic oxidation sites excluding steroid dienone is 1. The van der Waals surface area contributed by atoms with Crippen LogP contribution in [0.25, 0.3) is 0 Å². The number of likely N-dealkylation sites (N-methyl/N-ethyl adjacent to an activating group) is 2. The number of amidine groups is 2. The number of halogens is 7. The number of piperidine rings is 2. The number of carboxylic acid groups (broad SMARTS) is 1. The predicted octanol–water partition coefficient (Wildman–Crippen LogP) is 8.74. The lowest BCUT2D eigenvalue weighted by Crippen LogP contribution is -2.50. The number of ketones is 1. The van der Waals surface area contributed by atoms with Crippen molar-refractivity contribution < 1.29 is 86.5 Å². The summed E-state index contributed by atoms with van der Waals surface area (Å²) < 4.78 is 148. The van der Waals surface area contributed by atoms with Crippen LogP contribution < -0.4 is 30.7 Å². The average Bonchev–Trinajstić information content (AvgIpc) is 1.61. The van der Waals surface area contributed by atoms with E-state index in [0.717, 1.165) is 41.8 Å². The zero-order chi connectivity index (χ0) is 73.1. The molecule has 22 nitrogen and oxygen atoms in total. The molecule has 0 aliphatic carbocycles. The van der Waals surface area contributed by atoms with Gasteiger partial charge in [-0.15, -0.1) is 38.7 Å². The standard InChI is InChI=1S/C34H40F3N5O6S.C28H30F3N3O6S.C7H13NO.ClH/c1-5-7-16-48-28-20-26(19-27(21-28)34(35,36)37)30-39-32(45)33(40-30)11-14-42(15-12-33)49(46,47)17-10-24-8-9-25(18-23(24)3)31(44)41(4)22-29(43)38-13-6-2;1-3-4-12-40-23-16-21(15-22(17-23)28(29,30)31)24-32-26(37)27(33-24)8-10-34(11-9-27)41(38,39)13-7-19-5-6-20(25(35)36)14-18(19)2;1-3-4-5-7(9)6-8-2;/h5-6,8-9,18-21H,1-2,7,10-17,22H2,3-4H3,(H,38,43)(H,39,40,45);3,5-6,14-17H,1,4,7-13H2,2H3,(H,35,36)(H,32,33,37);3,8H,1,4-6H2,2H3;1H. The number of aromatic carboxylic acids is 1. The van der Waals surface area contributed by atoms with E-state index in [2.05, 4.69) is 57.6 Å². The molecule has 4 aliphatic rings. The normalized spacial score (nSPS) is 15.8. The van der Waals surface area contributed by atoms with Crippen LogP contribution in [-0.2, 0) is 64.4 Å². The Morgan fingerprint density at radius 3 is 1.45 bits per heavy atom. The van der Waals surface area contributed by atoms with E-state index in [1.54, 1.807) is 63.4 Å². The second-order valence-corrected chi connectivity index (χ2v) is 28.1. The number of carbonyl (C=O) groups is 6. The molecule has 2 spiro atoms. The van der Waals surface area contributed by atoms with E-state index >= 15 is 0 Å². The van der Waals surface area contributed by atoms with Gasteiger partial charge in [0.15, 0.2) is 0 Å². The van der Waals surface area contributed by atoms with Gasteiger partial charge < -0.3 is 40.7 Å². The monoisotopic (exact) mass is 1460 g/mol. The summed E-state index contributed by atoms with van der Waals surface area (Å²) in [5.41, 5.74) is -1.11. The van der Waals surface area contributed by atoms with Gasteiger partial charge in [-0.2, -0.15) is 26.3 Å². The van der Waals surface area contributed by atoms with Gasteiger partial charge >= 0.3 is 18.3 Å². The third-order valence-corrected chi connectivity index (χ3v) is 20.4. The minimum atomic E-state index is -4.66. The largest absolute Gasteiger partial charge is 0.493 e. The Balaban J connectivity index is 0.000000321. The molecular weight excluding hydrogens is 1380 g/mol. The van der Waals surface area contributed by atoms with Crippen LogP contribution in [0.2, 0.25) is 0 Å². The fraction of sp³-hybridized carbons (Fsp3) is 0.420. The van der Waals surface area contributed by atoms with E-state index < -0.39 is 72.4 Å². The van der Waals surface area contributed by atoms with Crippen LogP contribution in [0.4, 0.5) is 26.3 Å². The summed E-state index contributed by atoms with van der Waals surface area (Å²) in [7, 11) is -4.17. The molecule has 4 amide bonds. The number of benzene rings is 4. The first kappa shape index (κ1) is 82.1. The van der Waals surface area contributed by atoms with Crippen molar-refractivity contribution in [3.8, 4) is 11.5 Å². The SMILES string of the molecule is C=CCCC(=O)CNC.C=CCCOc1cc(C2=NC3(CCN(S(=O)(=O)CCc4ccc(C(=O)N(C)CC(=O)NCC=C)cc4C)CC3)C(=O)N2)cc(C(F)(F)F)c1.C=CCCOc1cc(C2=NC3(CCN(S(=O)(=O)CCc4ccc(C(=O)O)cc4C)CC3)C(=O)N2)cc(C(F)(F)F)c1.Cl. The molecule has 4 heterocycles. The molecule has 4 aromatic carbocycles. The molecule has 2 fully saturated rings. The lowest BCUT2D eigenvalue weighted by Gasteiger charge is -2.34. The van der Waals surface area contributed by atoms with Crippen LogP contribution in [0.15, 0.2) is 133 Å². The van der Waals surface area contributed by atoms with Crippen molar-refractivity contribution in [3.05, 3.63) is 179 Å². The number of ether oxygens (including phenoxy) is 2. The van der Waals surface area contributed by atoms with Gasteiger partial charge in [0.25, 0.3) is 17.7 Å². The molecule has 0 bridgehead atoms. The van der Waals surface area contributed by atoms with Crippen molar-refractivity contribution in [2.75, 3.05) is 84.6 Å². The molecule has 31 heteroatoms. The summed E-state index contributed by atoms with van der Waals surface area (Å²) in [6.07, 6.45) is 0.00446. The third-order valence-electron chi connectivity index (χ3n) is 16.7. The van der Waals surface area contributed by atoms with Gasteiger partial charge in [0, 0.05) is 62.9 Å². The van der Waals surface area contributed by atoms with Crippen molar-refractivity contribution in [2.24, 2.45) is 9.98 Å². The fourth-order valence-electron chi connectivity index (χ4n) is 11.0. The number of alkyl halides is 6. The average molecular weight is 1460 g/mol. The number of aryl methyl sites for hydroxylation is 4. The molecule has 544 valence electrons. The Hall–Kier alpha value is -8.55. The van der Waals surface area contributed by atoms with Crippen molar-refractivity contribution in [2.45, 2.75) is 101 Å². The zero-order valence-electron chi connectivity index (χ0n) is 56.0. The topological polar surface area (TPSA) is 292 Å². The van der Waals surface area contributed by atoms with E-state index in [-0.39, 0.29) is 172 Å². The van der Waals surface area contributed by atoms with E-state index in [1.807, 2.05) is 0 Å². The van der Waals surface area contributed by atoms with E-state index in [9.17, 15) is 71.9 Å². The van der Waals surface area contributed by atoms with Crippen LogP contribution in [-0.4, -0.2) is 178 Å². The number of hydrogen-bond donors (Lipinski definition) is 5. The maximum absolute atomic E-state index is 13.7. The highest BCUT2D eigenvalue weighted by atomic mass is 35.5. The van der Waals surface area contributed by atoms with Gasteiger partial charge in [-0.05, 0) is 162 Å². The molecule has 8 rings (SSSR count). The molecule has 5 N–H and O–H groups in total. The highest BCUT2D eigenvalue weighted by Gasteiger charge is 2.49. The van der Waals surface area contributed by atoms with Crippen LogP contribution in [0.3, 0.4) is 0 Å². The van der Waals surface area contributed by atoms with Crippen LogP contribution in [0.5, 0.6) is 11.5 Å². The summed E-state index contributed by atoms with van der Waals surface area (Å²) >= 11 is 0. The minimum absolute atomic E-state index is 0. The number of rotatable bonds is 29. The van der Waals surface area contributed by atoms with Gasteiger partial charge in [-0.3, -0.25) is 34.0 Å². The van der Waals surface area contributed by atoms with Gasteiger partial charge in [0.1, 0.15) is 40.0 Å². The number of amides is 4. The second kappa shape index (κ2) is 36.2. The first-order valence-electron chi connectivity index (χ1n) is 31.7. The summed E-state index contributed by atoms with van der Waals surface area (Å²) in [4.78, 5) is 83.0. The number of carbonyl (C=O) groups excluding carboxylic acids is 5. The molecule has 2 saturated heterocycles. The number of Topliss-reactive ketones (excluding diaryl/α,β-unsaturated/α-hetero) is 1. The Kier molecular flexibility index (Phi) is 29.7. The summed E-state index contributed by atoms with van der Waals surface area (Å²) in [5.74, 6) is -3.01. The lowest BCUT2D eigenvalue weighted by molar-refractivity contribution is -0.138. The van der Waals surface area contributed by atoms with Crippen LogP contribution in [0.1, 0.15) is 117 Å². The lowest BCUT2D eigenvalue weighted by atomic mass is 9.89. The molecule has 100 heavy (non-hydrogen) atoms. The van der Waals surface area contributed by atoms with E-state index in [1.165, 1.54) is 50.9 Å². The van der Waals surface area contributed by atoms with Crippen molar-refractivity contribution in [1.82, 2.24) is 34.8 Å². The molecule has 4 aromatic rings. The number of carboxylic acids is 1. The highest BCUT2D eigenvalue weighted by Crippen LogP contribution is 2.38. The Bertz CT molecular complexity index is 3980. The summed E-state index contributed by atoms with van der Waals surface area (Å²) in [5, 5.41) is 19.7. The van der Waals surface area contributed by atoms with Crippen LogP contribution >= 0.6 is 12.4 Å². The Morgan fingerprint density at radius 1 is 0.650 bits per heavy atom. The smallest absolute Gasteiger partial charge is 0.416 e. The number of nitrogens with zero attached hydrogens (tertiary/aromatic N) is 5. The molecular formula is C69H84ClF6N9O13S2. The summed E-state index contributed by atoms with van der Waals surface area (Å²) in [6, 6.07) is 15.8. The number of nitrogens with one attached hydrogen (secondary N) is 4. The highest BCUT2D eigenvalue weighted by molar-refractivity contribution is 7.89. The maximum atomic E-state index is 13.7. The van der Waals surface area contributed by atoms with Crippen molar-refractivity contribution in [3.63, 3.8) is 0 Å². The molecule has 0 aromatic heterocycles. The van der Waals surface area contributed by atoms with Crippen molar-refractivity contribution >= 4 is 79.5 Å². The molecule has 4 aliphatic heterocycles. The Morgan fingerprint density at radius 2 is 1.07 bits per heavy atom. The van der Waals surface area contributed by atoms with Gasteiger partial charge in [-0.1, -0.05) is 36.4 Å². The maximum Gasteiger partial charge on any atom is 0.416 e. The summed E-state index contributed by atoms with van der Waals surface area (Å²) in [6.45, 7) is 18.6. The first-order chi connectivity index (χ1) is 46.6. The molecule has 0 radical (unpaired) electrons.